The van der Waals surface area contributed by atoms with Crippen molar-refractivity contribution in [3.05, 3.63) is 35.8 Å². The van der Waals surface area contributed by atoms with Gasteiger partial charge in [-0.15, -0.1) is 0 Å². The number of aliphatic carboxylic acids is 1. The van der Waals surface area contributed by atoms with Gasteiger partial charge in [-0.3, -0.25) is 4.98 Å². The minimum absolute atomic E-state index is 0.0483. The van der Waals surface area contributed by atoms with E-state index in [1.807, 2.05) is 33.8 Å². The molecule has 36 heavy (non-hydrogen) atoms. The number of carboxylic acid groups (broad SMARTS) is 1. The van der Waals surface area contributed by atoms with Crippen molar-refractivity contribution in [3.8, 4) is 17.0 Å². The lowest BCUT2D eigenvalue weighted by atomic mass is 9.82. The second-order valence-corrected chi connectivity index (χ2v) is 12.1. The van der Waals surface area contributed by atoms with Crippen molar-refractivity contribution in [1.82, 2.24) is 9.97 Å². The maximum absolute atomic E-state index is 12.0. The lowest BCUT2D eigenvalue weighted by molar-refractivity contribution is -0.160. The van der Waals surface area contributed by atoms with Crippen molar-refractivity contribution < 1.29 is 19.4 Å². The fourth-order valence-electron chi connectivity index (χ4n) is 4.20. The molecule has 3 rings (SSSR count). The molecule has 0 radical (unpaired) electrons. The van der Waals surface area contributed by atoms with E-state index in [-0.39, 0.29) is 6.10 Å². The van der Waals surface area contributed by atoms with Crippen LogP contribution in [0.2, 0.25) is 0 Å². The van der Waals surface area contributed by atoms with Crippen LogP contribution in [0.3, 0.4) is 0 Å². The number of rotatable bonds is 8. The number of nitrogens with zero attached hydrogens (tertiary/aromatic N) is 3. The van der Waals surface area contributed by atoms with Crippen LogP contribution in [0.1, 0.15) is 85.6 Å². The van der Waals surface area contributed by atoms with E-state index in [0.717, 1.165) is 54.3 Å². The molecule has 0 aromatic carbocycles. The molecule has 1 saturated heterocycles. The van der Waals surface area contributed by atoms with Crippen LogP contribution in [0, 0.1) is 18.3 Å². The first-order valence-corrected chi connectivity index (χ1v) is 13.0. The molecule has 3 heterocycles. The Balaban J connectivity index is 2.06. The van der Waals surface area contributed by atoms with Crippen molar-refractivity contribution in [2.75, 3.05) is 18.0 Å². The molecule has 2 aromatic rings. The van der Waals surface area contributed by atoms with Gasteiger partial charge in [-0.05, 0) is 70.9 Å². The number of piperidine rings is 1. The van der Waals surface area contributed by atoms with Crippen molar-refractivity contribution >= 4 is 11.7 Å². The van der Waals surface area contributed by atoms with E-state index >= 15 is 0 Å². The summed E-state index contributed by atoms with van der Waals surface area (Å²) in [6.07, 6.45) is 4.41. The smallest absolute Gasteiger partial charge is 0.337 e. The fraction of sp³-hybridized carbons (Fsp3) is 0.621. The van der Waals surface area contributed by atoms with E-state index in [9.17, 15) is 9.90 Å². The van der Waals surface area contributed by atoms with Crippen LogP contribution in [0.5, 0.6) is 5.75 Å². The van der Waals surface area contributed by atoms with Gasteiger partial charge >= 0.3 is 5.97 Å². The van der Waals surface area contributed by atoms with Gasteiger partial charge < -0.3 is 19.5 Å². The highest BCUT2D eigenvalue weighted by Crippen LogP contribution is 2.40. The van der Waals surface area contributed by atoms with Gasteiger partial charge in [0, 0.05) is 36.6 Å². The van der Waals surface area contributed by atoms with Crippen LogP contribution in [-0.4, -0.2) is 45.8 Å². The summed E-state index contributed by atoms with van der Waals surface area (Å²) in [6, 6.07) is 3.88. The Morgan fingerprint density at radius 3 is 2.31 bits per heavy atom. The number of carboxylic acids is 1. The number of hydrogen-bond donors (Lipinski definition) is 1. The molecule has 198 valence electrons. The second-order valence-electron chi connectivity index (χ2n) is 12.1. The molecule has 0 aliphatic carbocycles. The molecule has 2 atom stereocenters. The largest absolute Gasteiger partial charge is 0.486 e. The Morgan fingerprint density at radius 2 is 1.75 bits per heavy atom. The Labute approximate surface area is 216 Å². The zero-order valence-electron chi connectivity index (χ0n) is 23.4. The first-order valence-electron chi connectivity index (χ1n) is 13.0. The molecule has 0 bridgehead atoms. The predicted octanol–water partition coefficient (Wildman–Crippen LogP) is 6.44. The average Bonchev–Trinajstić information content (AvgIpc) is 2.78. The molecular formula is C29H43N3O4. The van der Waals surface area contributed by atoms with Gasteiger partial charge in [0.05, 0.1) is 28.8 Å². The van der Waals surface area contributed by atoms with Crippen molar-refractivity contribution in [3.63, 3.8) is 0 Å². The number of ether oxygens (including phenoxy) is 2. The number of hydrogen-bond acceptors (Lipinski definition) is 6. The van der Waals surface area contributed by atoms with E-state index in [4.69, 9.17) is 14.5 Å². The van der Waals surface area contributed by atoms with Crippen LogP contribution < -0.4 is 9.64 Å². The molecule has 0 saturated carbocycles. The Hall–Kier alpha value is -2.67. The van der Waals surface area contributed by atoms with Crippen molar-refractivity contribution in [1.29, 1.82) is 0 Å². The molecule has 1 aliphatic heterocycles. The van der Waals surface area contributed by atoms with Gasteiger partial charge in [-0.2, -0.15) is 0 Å². The van der Waals surface area contributed by atoms with Crippen LogP contribution in [0.15, 0.2) is 24.5 Å². The van der Waals surface area contributed by atoms with Crippen molar-refractivity contribution in [2.45, 2.75) is 93.0 Å². The van der Waals surface area contributed by atoms with Crippen LogP contribution in [-0.2, 0) is 9.53 Å². The third kappa shape index (κ3) is 6.96. The van der Waals surface area contributed by atoms with Crippen LogP contribution >= 0.6 is 0 Å². The number of aryl methyl sites for hydroxylation is 1. The highest BCUT2D eigenvalue weighted by molar-refractivity contribution is 5.76. The van der Waals surface area contributed by atoms with E-state index in [1.165, 1.54) is 0 Å². The van der Waals surface area contributed by atoms with Crippen molar-refractivity contribution in [2.24, 2.45) is 11.3 Å². The third-order valence-electron chi connectivity index (χ3n) is 6.88. The zero-order chi connectivity index (χ0) is 26.8. The van der Waals surface area contributed by atoms with Gasteiger partial charge in [0.25, 0.3) is 0 Å². The summed E-state index contributed by atoms with van der Waals surface area (Å²) in [5, 5.41) is 9.83. The number of pyridine rings is 2. The molecule has 2 aromatic heterocycles. The summed E-state index contributed by atoms with van der Waals surface area (Å²) in [4.78, 5) is 23.6. The summed E-state index contributed by atoms with van der Waals surface area (Å²) >= 11 is 0. The summed E-state index contributed by atoms with van der Waals surface area (Å²) < 4.78 is 12.3. The first-order chi connectivity index (χ1) is 16.7. The van der Waals surface area contributed by atoms with Gasteiger partial charge in [-0.25, -0.2) is 9.78 Å². The predicted molar refractivity (Wildman–Crippen MR) is 144 cm³/mol. The SMILES string of the molecule is Cc1nc(-c2cncc([C@H](OC(C)(C)C)C(=O)O)c2)cc(N2CCC(C)(C)CC2)c1O[C@@H](C)C(C)C. The molecule has 1 aliphatic rings. The molecule has 0 unspecified atom stereocenters. The first kappa shape index (κ1) is 27.9. The Kier molecular flexibility index (Phi) is 8.33. The molecule has 0 spiro atoms. The quantitative estimate of drug-likeness (QED) is 0.449. The summed E-state index contributed by atoms with van der Waals surface area (Å²) in [7, 11) is 0. The average molecular weight is 498 g/mol. The monoisotopic (exact) mass is 497 g/mol. The van der Waals surface area contributed by atoms with Gasteiger partial charge in [0.1, 0.15) is 0 Å². The maximum atomic E-state index is 12.0. The molecule has 0 amide bonds. The molecular weight excluding hydrogens is 454 g/mol. The van der Waals surface area contributed by atoms with E-state index < -0.39 is 17.7 Å². The fourth-order valence-corrected chi connectivity index (χ4v) is 4.20. The number of aromatic nitrogens is 2. The standard InChI is InChI=1S/C29H43N3O4/c1-18(2)20(4)35-25-19(3)31-23(15-24(25)32-12-10-29(8,9)11-13-32)21-14-22(17-30-16-21)26(27(33)34)36-28(5,6)7/h14-18,20,26H,10-13H2,1-9H3,(H,33,34)/t20-,26-/m0/s1. The summed E-state index contributed by atoms with van der Waals surface area (Å²) in [6.45, 7) is 20.4. The topological polar surface area (TPSA) is 84.8 Å². The molecule has 1 N–H and O–H groups in total. The maximum Gasteiger partial charge on any atom is 0.337 e. The Morgan fingerprint density at radius 1 is 1.11 bits per heavy atom. The summed E-state index contributed by atoms with van der Waals surface area (Å²) in [5.41, 5.74) is 3.54. The lowest BCUT2D eigenvalue weighted by Gasteiger charge is -2.39. The van der Waals surface area contributed by atoms with E-state index in [2.05, 4.69) is 50.6 Å². The zero-order valence-corrected chi connectivity index (χ0v) is 23.4. The van der Waals surface area contributed by atoms with Gasteiger partial charge in [-0.1, -0.05) is 27.7 Å². The lowest BCUT2D eigenvalue weighted by Crippen LogP contribution is -2.38. The molecule has 7 nitrogen and oxygen atoms in total. The normalized spacial score (nSPS) is 17.7. The van der Waals surface area contributed by atoms with Gasteiger partial charge in [0.15, 0.2) is 11.9 Å². The number of anilines is 1. The highest BCUT2D eigenvalue weighted by Gasteiger charge is 2.30. The molecule has 7 heteroatoms. The van der Waals surface area contributed by atoms with E-state index in [0.29, 0.717) is 16.9 Å². The minimum atomic E-state index is -1.11. The minimum Gasteiger partial charge on any atom is -0.486 e. The second kappa shape index (κ2) is 10.8. The molecule has 1 fully saturated rings. The van der Waals surface area contributed by atoms with Crippen LogP contribution in [0.25, 0.3) is 11.3 Å². The van der Waals surface area contributed by atoms with Gasteiger partial charge in [0.2, 0.25) is 0 Å². The van der Waals surface area contributed by atoms with Crippen LogP contribution in [0.4, 0.5) is 5.69 Å². The highest BCUT2D eigenvalue weighted by atomic mass is 16.5. The Bertz CT molecular complexity index is 1060. The summed E-state index contributed by atoms with van der Waals surface area (Å²) in [5.74, 6) is 0.146. The third-order valence-corrected chi connectivity index (χ3v) is 6.88. The number of carbonyl (C=O) groups is 1. The van der Waals surface area contributed by atoms with E-state index in [1.54, 1.807) is 12.4 Å².